The van der Waals surface area contributed by atoms with Crippen LogP contribution in [0.15, 0.2) is 80.1 Å². The van der Waals surface area contributed by atoms with Crippen molar-refractivity contribution in [3.05, 3.63) is 136 Å². The first-order valence-corrected chi connectivity index (χ1v) is 22.4. The fourth-order valence-corrected chi connectivity index (χ4v) is 9.89. The fourth-order valence-electron chi connectivity index (χ4n) is 8.36. The molecule has 7 nitrogen and oxygen atoms in total. The summed E-state index contributed by atoms with van der Waals surface area (Å²) in [7, 11) is 3.99. The topological polar surface area (TPSA) is 109 Å². The molecule has 1 radical (unpaired) electrons. The second-order valence-corrected chi connectivity index (χ2v) is 17.6. The third-order valence-electron chi connectivity index (χ3n) is 11.4. The molecule has 11 heteroatoms. The Morgan fingerprint density at radius 3 is 1.48 bits per heavy atom. The summed E-state index contributed by atoms with van der Waals surface area (Å²) in [5.74, 6) is 3.35. The molecular formula is C47H51BBr3O7. The van der Waals surface area contributed by atoms with E-state index in [4.69, 9.17) is 24.3 Å². The minimum absolute atomic E-state index is 0.366. The van der Waals surface area contributed by atoms with E-state index in [1.807, 2.05) is 42.5 Å². The lowest BCUT2D eigenvalue weighted by Gasteiger charge is -2.10. The third kappa shape index (κ3) is 11.1. The van der Waals surface area contributed by atoms with Crippen LogP contribution in [0.25, 0.3) is 0 Å². The van der Waals surface area contributed by atoms with E-state index in [-0.39, 0.29) is 0 Å². The van der Waals surface area contributed by atoms with Gasteiger partial charge in [0.2, 0.25) is 0 Å². The number of methoxy groups -OCH3 is 2. The Morgan fingerprint density at radius 1 is 0.448 bits per heavy atom. The predicted molar refractivity (Wildman–Crippen MR) is 242 cm³/mol. The molecule has 305 valence electrons. The van der Waals surface area contributed by atoms with Gasteiger partial charge < -0.3 is 34.5 Å². The van der Waals surface area contributed by atoms with Crippen LogP contribution in [-0.2, 0) is 64.2 Å². The second-order valence-electron chi connectivity index (χ2n) is 15.1. The number of hydrogen-bond donors (Lipinski definition) is 4. The van der Waals surface area contributed by atoms with Crippen LogP contribution in [0, 0.1) is 0 Å². The molecule has 0 bridgehead atoms. The first kappa shape index (κ1) is 43.9. The summed E-state index contributed by atoms with van der Waals surface area (Å²) in [6, 6.07) is 21.6. The van der Waals surface area contributed by atoms with E-state index in [0.29, 0.717) is 36.4 Å². The minimum atomic E-state index is 0.366. The minimum Gasteiger partial charge on any atom is -0.535 e. The number of aromatic hydroxyl groups is 3. The first-order chi connectivity index (χ1) is 28.1. The Bertz CT molecular complexity index is 2180. The van der Waals surface area contributed by atoms with Gasteiger partial charge in [-0.1, -0.05) is 12.1 Å². The number of aryl methyl sites for hydroxylation is 9. The van der Waals surface area contributed by atoms with Crippen molar-refractivity contribution in [1.82, 2.24) is 0 Å². The van der Waals surface area contributed by atoms with E-state index < -0.39 is 0 Å². The lowest BCUT2D eigenvalue weighted by Crippen LogP contribution is -2.02. The van der Waals surface area contributed by atoms with E-state index in [1.165, 1.54) is 107 Å². The summed E-state index contributed by atoms with van der Waals surface area (Å²) in [6.45, 7) is 0. The number of benzene rings is 5. The average molecular weight is 978 g/mol. The molecule has 58 heavy (non-hydrogen) atoms. The van der Waals surface area contributed by atoms with Crippen molar-refractivity contribution in [2.24, 2.45) is 0 Å². The molecule has 0 heterocycles. The molecule has 0 fully saturated rings. The molecule has 0 aliphatic heterocycles. The maximum absolute atomic E-state index is 9.34. The molecule has 5 aliphatic rings. The van der Waals surface area contributed by atoms with Crippen LogP contribution < -0.4 is 14.1 Å². The zero-order valence-electron chi connectivity index (χ0n) is 33.2. The first-order valence-electron chi connectivity index (χ1n) is 20.1. The summed E-state index contributed by atoms with van der Waals surface area (Å²) >= 11 is 10.2. The fraction of sp³-hybridized carbons (Fsp3) is 0.362. The summed E-state index contributed by atoms with van der Waals surface area (Å²) in [5.41, 5.74) is 13.7. The molecule has 0 saturated heterocycles. The Balaban J connectivity index is 0.000000123. The van der Waals surface area contributed by atoms with E-state index in [1.54, 1.807) is 26.4 Å². The third-order valence-corrected chi connectivity index (χ3v) is 13.5. The largest absolute Gasteiger partial charge is 0.569 e. The number of hydrogen-bond acceptors (Lipinski definition) is 7. The van der Waals surface area contributed by atoms with Gasteiger partial charge in [0.15, 0.2) is 5.75 Å². The number of phenolic OH excluding ortho intramolecular Hbond substituents is 3. The number of ether oxygens (including phenoxy) is 2. The molecule has 5 aromatic carbocycles. The van der Waals surface area contributed by atoms with Crippen molar-refractivity contribution in [1.29, 1.82) is 0 Å². The maximum Gasteiger partial charge on any atom is 0.569 e. The molecule has 5 aromatic rings. The summed E-state index contributed by atoms with van der Waals surface area (Å²) in [6.07, 6.45) is 17.7. The molecule has 0 atom stereocenters. The molecule has 10 rings (SSSR count). The van der Waals surface area contributed by atoms with Gasteiger partial charge in [-0.25, -0.2) is 0 Å². The lowest BCUT2D eigenvalue weighted by molar-refractivity contribution is 0.381. The van der Waals surface area contributed by atoms with E-state index in [9.17, 15) is 10.2 Å². The number of phenols is 3. The second kappa shape index (κ2) is 21.1. The maximum atomic E-state index is 9.34. The number of rotatable bonds is 4. The van der Waals surface area contributed by atoms with Crippen LogP contribution in [0.3, 0.4) is 0 Å². The molecule has 0 saturated carbocycles. The van der Waals surface area contributed by atoms with Crippen molar-refractivity contribution in [3.63, 3.8) is 0 Å². The normalized spacial score (nSPS) is 14.6. The molecule has 0 spiro atoms. The van der Waals surface area contributed by atoms with Crippen molar-refractivity contribution >= 4 is 55.5 Å². The highest BCUT2D eigenvalue weighted by Crippen LogP contribution is 2.37. The molecular weight excluding hydrogens is 927 g/mol. The SMILES string of the molecule is COc1cc2c(cc1Br)CCC2.COc1cc2c(cc1O[B]O)CCC2.Oc1cc2c(cc1Br)CCC2.Oc1ccc2c(c1)CCC2.Oc1ccc2c(c1Br)CCC2. The van der Waals surface area contributed by atoms with E-state index in [0.717, 1.165) is 64.1 Å². The van der Waals surface area contributed by atoms with Gasteiger partial charge in [0.05, 0.1) is 27.6 Å². The van der Waals surface area contributed by atoms with Gasteiger partial charge >= 0.3 is 7.69 Å². The van der Waals surface area contributed by atoms with Crippen LogP contribution in [0.4, 0.5) is 0 Å². The summed E-state index contributed by atoms with van der Waals surface area (Å²) in [5, 5.41) is 36.4. The van der Waals surface area contributed by atoms with Gasteiger partial charge in [-0.2, -0.15) is 0 Å². The van der Waals surface area contributed by atoms with Gasteiger partial charge in [0.25, 0.3) is 0 Å². The smallest absolute Gasteiger partial charge is 0.535 e. The highest BCUT2D eigenvalue weighted by molar-refractivity contribution is 9.11. The van der Waals surface area contributed by atoms with Crippen molar-refractivity contribution in [2.45, 2.75) is 96.3 Å². The highest BCUT2D eigenvalue weighted by atomic mass is 79.9. The molecule has 4 N–H and O–H groups in total. The molecule has 5 aliphatic carbocycles. The highest BCUT2D eigenvalue weighted by Gasteiger charge is 2.18. The molecule has 0 unspecified atom stereocenters. The van der Waals surface area contributed by atoms with Gasteiger partial charge in [-0.15, -0.1) is 0 Å². The van der Waals surface area contributed by atoms with Gasteiger partial charge in [-0.05, 0) is 254 Å². The van der Waals surface area contributed by atoms with Gasteiger partial charge in [-0.3, -0.25) is 0 Å². The molecule has 0 aromatic heterocycles. The van der Waals surface area contributed by atoms with E-state index >= 15 is 0 Å². The standard InChI is InChI=1S/C10H12BO3.C10H11BrO.2C9H9BrO.C9H10O/c1-13-9-5-7-3-2-4-8(7)6-10(9)14-11-12;1-12-10-6-8-4-2-3-7(8)5-9(10)11;10-8-4-6-2-1-3-7(6)5-9(8)11;10-9-7-3-1-2-6(7)4-5-8(9)11;10-9-5-4-7-2-1-3-8(7)6-9/h5-6,12H,2-4H2,1H3;5-6H,2-4H2,1H3;2*4-5,11H,1-3H2;4-6,10H,1-3H2. The summed E-state index contributed by atoms with van der Waals surface area (Å²) in [4.78, 5) is 0. The van der Waals surface area contributed by atoms with Crippen LogP contribution >= 0.6 is 47.8 Å². The lowest BCUT2D eigenvalue weighted by atomic mass is 10.1. The monoisotopic (exact) mass is 975 g/mol. The molecule has 0 amide bonds. The van der Waals surface area contributed by atoms with Crippen LogP contribution in [0.1, 0.15) is 87.7 Å². The Kier molecular flexibility index (Phi) is 15.9. The van der Waals surface area contributed by atoms with Crippen molar-refractivity contribution in [3.8, 4) is 34.5 Å². The zero-order chi connectivity index (χ0) is 41.2. The van der Waals surface area contributed by atoms with E-state index in [2.05, 4.69) is 59.9 Å². The van der Waals surface area contributed by atoms with Gasteiger partial charge in [0.1, 0.15) is 28.7 Å². The Morgan fingerprint density at radius 2 is 0.897 bits per heavy atom. The van der Waals surface area contributed by atoms with Crippen molar-refractivity contribution in [2.75, 3.05) is 14.2 Å². The predicted octanol–water partition coefficient (Wildman–Crippen LogP) is 11.2. The quantitative estimate of drug-likeness (QED) is 0.133. The van der Waals surface area contributed by atoms with Crippen LogP contribution in [0.5, 0.6) is 34.5 Å². The number of halogens is 3. The Hall–Kier alpha value is -3.64. The van der Waals surface area contributed by atoms with Gasteiger partial charge in [0, 0.05) is 0 Å². The van der Waals surface area contributed by atoms with Crippen molar-refractivity contribution < 1.29 is 34.5 Å². The number of fused-ring (bicyclic) bond motifs is 5. The average Bonchev–Trinajstić information content (AvgIpc) is 4.08. The summed E-state index contributed by atoms with van der Waals surface area (Å²) < 4.78 is 18.1. The van der Waals surface area contributed by atoms with Crippen LogP contribution in [-0.4, -0.2) is 42.2 Å². The van der Waals surface area contributed by atoms with Crippen LogP contribution in [0.2, 0.25) is 0 Å². The Labute approximate surface area is 368 Å². The zero-order valence-corrected chi connectivity index (χ0v) is 37.9.